The van der Waals surface area contributed by atoms with Gasteiger partial charge in [-0.05, 0) is 48.0 Å². The molecule has 0 unspecified atom stereocenters. The fourth-order valence-electron chi connectivity index (χ4n) is 2.46. The lowest BCUT2D eigenvalue weighted by molar-refractivity contribution is -0.115. The van der Waals surface area contributed by atoms with Crippen LogP contribution >= 0.6 is 11.6 Å². The van der Waals surface area contributed by atoms with E-state index in [4.69, 9.17) is 11.6 Å². The molecule has 7 heteroatoms. The van der Waals surface area contributed by atoms with Gasteiger partial charge in [0.2, 0.25) is 5.91 Å². The van der Waals surface area contributed by atoms with E-state index in [2.05, 4.69) is 10.0 Å². The van der Waals surface area contributed by atoms with E-state index >= 15 is 0 Å². The summed E-state index contributed by atoms with van der Waals surface area (Å²) in [6.07, 6.45) is 0.134. The van der Waals surface area contributed by atoms with Crippen molar-refractivity contribution in [3.8, 4) is 0 Å². The number of halogens is 1. The number of hydrogen-bond acceptors (Lipinski definition) is 3. The fraction of sp³-hybridized carbons (Fsp3) is 0.0500. The van der Waals surface area contributed by atoms with Gasteiger partial charge < -0.3 is 5.32 Å². The average molecular weight is 401 g/mol. The smallest absolute Gasteiger partial charge is 0.261 e. The van der Waals surface area contributed by atoms with Crippen molar-refractivity contribution < 1.29 is 13.2 Å². The van der Waals surface area contributed by atoms with Crippen molar-refractivity contribution in [3.05, 3.63) is 89.4 Å². The lowest BCUT2D eigenvalue weighted by atomic mass is 10.1. The van der Waals surface area contributed by atoms with E-state index in [-0.39, 0.29) is 17.2 Å². The quantitative estimate of drug-likeness (QED) is 0.647. The van der Waals surface area contributed by atoms with Crippen molar-refractivity contribution in [1.82, 2.24) is 0 Å². The zero-order valence-electron chi connectivity index (χ0n) is 14.2. The van der Waals surface area contributed by atoms with Crippen LogP contribution in [0.15, 0.2) is 83.8 Å². The summed E-state index contributed by atoms with van der Waals surface area (Å²) < 4.78 is 27.3. The lowest BCUT2D eigenvalue weighted by Crippen LogP contribution is -2.15. The minimum Gasteiger partial charge on any atom is -0.326 e. The second-order valence-electron chi connectivity index (χ2n) is 5.81. The van der Waals surface area contributed by atoms with Gasteiger partial charge in [-0.1, -0.05) is 48.0 Å². The third kappa shape index (κ3) is 5.09. The van der Waals surface area contributed by atoms with Crippen molar-refractivity contribution in [2.45, 2.75) is 11.3 Å². The molecule has 27 heavy (non-hydrogen) atoms. The zero-order valence-corrected chi connectivity index (χ0v) is 15.8. The van der Waals surface area contributed by atoms with Crippen LogP contribution in [0.3, 0.4) is 0 Å². The highest BCUT2D eigenvalue weighted by Gasteiger charge is 2.14. The third-order valence-corrected chi connectivity index (χ3v) is 5.55. The van der Waals surface area contributed by atoms with Crippen LogP contribution in [0.25, 0.3) is 0 Å². The highest BCUT2D eigenvalue weighted by atomic mass is 35.5. The number of carbonyl (C=O) groups is 1. The predicted molar refractivity (Wildman–Crippen MR) is 107 cm³/mol. The van der Waals surface area contributed by atoms with Crippen LogP contribution in [-0.2, 0) is 21.2 Å². The van der Waals surface area contributed by atoms with Crippen molar-refractivity contribution in [3.63, 3.8) is 0 Å². The van der Waals surface area contributed by atoms with Crippen LogP contribution in [-0.4, -0.2) is 14.3 Å². The molecule has 0 heterocycles. The van der Waals surface area contributed by atoms with Gasteiger partial charge >= 0.3 is 0 Å². The molecule has 0 saturated carbocycles. The lowest BCUT2D eigenvalue weighted by Gasteiger charge is -2.10. The summed E-state index contributed by atoms with van der Waals surface area (Å²) in [6.45, 7) is 0. The van der Waals surface area contributed by atoms with Crippen LogP contribution in [0.2, 0.25) is 5.02 Å². The summed E-state index contributed by atoms with van der Waals surface area (Å²) >= 11 is 6.06. The summed E-state index contributed by atoms with van der Waals surface area (Å²) in [5, 5.41) is 3.26. The van der Waals surface area contributed by atoms with Gasteiger partial charge in [0, 0.05) is 16.4 Å². The molecule has 3 rings (SSSR count). The van der Waals surface area contributed by atoms with E-state index in [1.807, 2.05) is 6.07 Å². The molecule has 0 aromatic heterocycles. The molecule has 0 radical (unpaired) electrons. The van der Waals surface area contributed by atoms with E-state index in [1.165, 1.54) is 12.1 Å². The summed E-state index contributed by atoms with van der Waals surface area (Å²) in [6, 6.07) is 21.7. The Morgan fingerprint density at radius 2 is 1.44 bits per heavy atom. The molecule has 0 fully saturated rings. The van der Waals surface area contributed by atoms with Crippen LogP contribution in [0.1, 0.15) is 5.56 Å². The molecule has 1 amide bonds. The topological polar surface area (TPSA) is 75.3 Å². The van der Waals surface area contributed by atoms with Crippen LogP contribution in [0, 0.1) is 0 Å². The Bertz CT molecular complexity index is 1040. The summed E-state index contributed by atoms with van der Waals surface area (Å²) in [7, 11) is -3.69. The Labute approximate surface area is 163 Å². The number of sulfonamides is 1. The molecule has 0 aliphatic carbocycles. The standard InChI is InChI=1S/C20H17ClN2O3S/c21-19-9-5-4-6-15(19)14-20(24)22-16-10-12-18(13-11-16)27(25,26)23-17-7-2-1-3-8-17/h1-13,23H,14H2,(H,22,24). The highest BCUT2D eigenvalue weighted by Crippen LogP contribution is 2.19. The molecule has 138 valence electrons. The zero-order chi connectivity index (χ0) is 19.3. The van der Waals surface area contributed by atoms with Gasteiger partial charge in [0.1, 0.15) is 0 Å². The van der Waals surface area contributed by atoms with E-state index in [9.17, 15) is 13.2 Å². The van der Waals surface area contributed by atoms with E-state index in [0.717, 1.165) is 5.56 Å². The normalized spacial score (nSPS) is 11.0. The maximum absolute atomic E-state index is 12.4. The van der Waals surface area contributed by atoms with Gasteiger partial charge in [0.25, 0.3) is 10.0 Å². The molecule has 5 nitrogen and oxygen atoms in total. The molecule has 0 atom stereocenters. The SMILES string of the molecule is O=C(Cc1ccccc1Cl)Nc1ccc(S(=O)(=O)Nc2ccccc2)cc1. The molecular formula is C20H17ClN2O3S. The number of amides is 1. The molecule has 2 N–H and O–H groups in total. The Kier molecular flexibility index (Phi) is 5.78. The number of anilines is 2. The van der Waals surface area contributed by atoms with Crippen molar-refractivity contribution in [2.75, 3.05) is 10.0 Å². The van der Waals surface area contributed by atoms with Gasteiger partial charge in [0.05, 0.1) is 11.3 Å². The van der Waals surface area contributed by atoms with Crippen molar-refractivity contribution in [2.24, 2.45) is 0 Å². The minimum atomic E-state index is -3.69. The summed E-state index contributed by atoms with van der Waals surface area (Å²) in [4.78, 5) is 12.3. The second-order valence-corrected chi connectivity index (χ2v) is 7.90. The number of para-hydroxylation sites is 1. The maximum atomic E-state index is 12.4. The number of carbonyl (C=O) groups excluding carboxylic acids is 1. The first-order chi connectivity index (χ1) is 12.9. The van der Waals surface area contributed by atoms with Crippen molar-refractivity contribution >= 4 is 38.9 Å². The van der Waals surface area contributed by atoms with Crippen LogP contribution in [0.4, 0.5) is 11.4 Å². The van der Waals surface area contributed by atoms with Gasteiger partial charge in [0.15, 0.2) is 0 Å². The predicted octanol–water partition coefficient (Wildman–Crippen LogP) is 4.32. The fourth-order valence-corrected chi connectivity index (χ4v) is 3.72. The van der Waals surface area contributed by atoms with E-state index in [0.29, 0.717) is 16.4 Å². The second kappa shape index (κ2) is 8.24. The summed E-state index contributed by atoms with van der Waals surface area (Å²) in [5.41, 5.74) is 1.71. The van der Waals surface area contributed by atoms with Crippen LogP contribution < -0.4 is 10.0 Å². The summed E-state index contributed by atoms with van der Waals surface area (Å²) in [5.74, 6) is -0.235. The molecule has 0 aliphatic heterocycles. The third-order valence-electron chi connectivity index (χ3n) is 3.78. The largest absolute Gasteiger partial charge is 0.326 e. The van der Waals surface area contributed by atoms with Crippen LogP contribution in [0.5, 0.6) is 0 Å². The first-order valence-corrected chi connectivity index (χ1v) is 10.0. The Morgan fingerprint density at radius 3 is 2.11 bits per heavy atom. The number of rotatable bonds is 6. The number of benzene rings is 3. The average Bonchev–Trinajstić information content (AvgIpc) is 2.64. The molecule has 0 aliphatic rings. The Morgan fingerprint density at radius 1 is 0.815 bits per heavy atom. The molecule has 0 spiro atoms. The van der Waals surface area contributed by atoms with Gasteiger partial charge in [-0.15, -0.1) is 0 Å². The molecule has 3 aromatic rings. The first kappa shape index (κ1) is 18.9. The highest BCUT2D eigenvalue weighted by molar-refractivity contribution is 7.92. The van der Waals surface area contributed by atoms with Gasteiger partial charge in [-0.25, -0.2) is 8.42 Å². The monoisotopic (exact) mass is 400 g/mol. The van der Waals surface area contributed by atoms with E-state index < -0.39 is 10.0 Å². The Balaban J connectivity index is 1.66. The molecule has 0 saturated heterocycles. The van der Waals surface area contributed by atoms with E-state index in [1.54, 1.807) is 60.7 Å². The molecule has 0 bridgehead atoms. The van der Waals surface area contributed by atoms with Crippen molar-refractivity contribution in [1.29, 1.82) is 0 Å². The van der Waals surface area contributed by atoms with Gasteiger partial charge in [-0.3, -0.25) is 9.52 Å². The molecule has 3 aromatic carbocycles. The number of hydrogen-bond donors (Lipinski definition) is 2. The molecular weight excluding hydrogens is 384 g/mol. The number of nitrogens with one attached hydrogen (secondary N) is 2. The minimum absolute atomic E-state index is 0.107. The maximum Gasteiger partial charge on any atom is 0.261 e. The van der Waals surface area contributed by atoms with Gasteiger partial charge in [-0.2, -0.15) is 0 Å². The Hall–Kier alpha value is -2.83. The first-order valence-electron chi connectivity index (χ1n) is 8.15.